The first-order valence-electron chi connectivity index (χ1n) is 6.09. The molecule has 0 saturated carbocycles. The fourth-order valence-corrected chi connectivity index (χ4v) is 1.67. The van der Waals surface area contributed by atoms with Crippen LogP contribution in [0.15, 0.2) is 73.1 Å². The molecule has 0 spiro atoms. The van der Waals surface area contributed by atoms with Crippen LogP contribution in [0.1, 0.15) is 11.1 Å². The molecule has 92 valence electrons. The molecular formula is C16H18N2. The zero-order valence-corrected chi connectivity index (χ0v) is 10.4. The minimum Gasteiger partial charge on any atom is -0.368 e. The number of hydrogen-bond donors (Lipinski definition) is 2. The van der Waals surface area contributed by atoms with Gasteiger partial charge in [0, 0.05) is 13.1 Å². The van der Waals surface area contributed by atoms with Gasteiger partial charge in [0.15, 0.2) is 0 Å². The van der Waals surface area contributed by atoms with Gasteiger partial charge in [-0.3, -0.25) is 0 Å². The highest BCUT2D eigenvalue weighted by Crippen LogP contribution is 2.00. The lowest BCUT2D eigenvalue weighted by molar-refractivity contribution is 0.685. The highest BCUT2D eigenvalue weighted by molar-refractivity contribution is 5.16. The summed E-state index contributed by atoms with van der Waals surface area (Å²) in [4.78, 5) is 0. The quantitative estimate of drug-likeness (QED) is 0.808. The van der Waals surface area contributed by atoms with Crippen molar-refractivity contribution < 1.29 is 0 Å². The Bertz CT molecular complexity index is 431. The Morgan fingerprint density at radius 2 is 1.11 bits per heavy atom. The lowest BCUT2D eigenvalue weighted by Crippen LogP contribution is -2.24. The van der Waals surface area contributed by atoms with Gasteiger partial charge in [0.2, 0.25) is 0 Å². The maximum atomic E-state index is 3.96. The summed E-state index contributed by atoms with van der Waals surface area (Å²) in [6.45, 7) is 5.55. The molecule has 0 heterocycles. The van der Waals surface area contributed by atoms with Crippen molar-refractivity contribution in [3.8, 4) is 0 Å². The molecule has 2 aromatic rings. The summed E-state index contributed by atoms with van der Waals surface area (Å²) in [7, 11) is 0. The monoisotopic (exact) mass is 238 g/mol. The standard InChI is InChI=1S/C16H18N2/c1-14(17-12-15-8-4-2-5-9-15)18-13-16-10-6-3-7-11-16/h2-11,17-18H,1,12-13H2. The molecular weight excluding hydrogens is 220 g/mol. The smallest absolute Gasteiger partial charge is 0.0917 e. The van der Waals surface area contributed by atoms with E-state index in [-0.39, 0.29) is 0 Å². The topological polar surface area (TPSA) is 24.1 Å². The van der Waals surface area contributed by atoms with Gasteiger partial charge in [0.05, 0.1) is 5.82 Å². The molecule has 18 heavy (non-hydrogen) atoms. The normalized spacial score (nSPS) is 9.78. The van der Waals surface area contributed by atoms with Crippen LogP contribution in [0.5, 0.6) is 0 Å². The SMILES string of the molecule is C=C(NCc1ccccc1)NCc1ccccc1. The maximum Gasteiger partial charge on any atom is 0.0917 e. The van der Waals surface area contributed by atoms with Crippen molar-refractivity contribution >= 4 is 0 Å². The molecule has 2 rings (SSSR count). The summed E-state index contributed by atoms with van der Waals surface area (Å²) in [5, 5.41) is 6.53. The van der Waals surface area contributed by atoms with Crippen molar-refractivity contribution in [1.29, 1.82) is 0 Å². The second-order valence-electron chi connectivity index (χ2n) is 4.16. The summed E-state index contributed by atoms with van der Waals surface area (Å²) in [5.74, 6) is 0.850. The van der Waals surface area contributed by atoms with Gasteiger partial charge in [-0.15, -0.1) is 0 Å². The van der Waals surface area contributed by atoms with E-state index in [1.165, 1.54) is 11.1 Å². The number of nitrogens with one attached hydrogen (secondary N) is 2. The zero-order chi connectivity index (χ0) is 12.6. The first-order valence-corrected chi connectivity index (χ1v) is 6.09. The molecule has 2 heteroatoms. The molecule has 0 atom stereocenters. The van der Waals surface area contributed by atoms with Crippen molar-refractivity contribution in [2.45, 2.75) is 13.1 Å². The van der Waals surface area contributed by atoms with E-state index >= 15 is 0 Å². The molecule has 0 fully saturated rings. The zero-order valence-electron chi connectivity index (χ0n) is 10.4. The molecule has 0 aliphatic carbocycles. The highest BCUT2D eigenvalue weighted by Gasteiger charge is 1.95. The van der Waals surface area contributed by atoms with Crippen LogP contribution in [0, 0.1) is 0 Å². The van der Waals surface area contributed by atoms with Crippen molar-refractivity contribution in [3.63, 3.8) is 0 Å². The summed E-state index contributed by atoms with van der Waals surface area (Å²) < 4.78 is 0. The summed E-state index contributed by atoms with van der Waals surface area (Å²) >= 11 is 0. The van der Waals surface area contributed by atoms with Crippen LogP contribution in [0.3, 0.4) is 0 Å². The fraction of sp³-hybridized carbons (Fsp3) is 0.125. The Morgan fingerprint density at radius 3 is 1.50 bits per heavy atom. The second kappa shape index (κ2) is 6.50. The predicted molar refractivity (Wildman–Crippen MR) is 75.7 cm³/mol. The summed E-state index contributed by atoms with van der Waals surface area (Å²) in [6.07, 6.45) is 0. The second-order valence-corrected chi connectivity index (χ2v) is 4.16. The van der Waals surface area contributed by atoms with Crippen LogP contribution in [-0.2, 0) is 13.1 Å². The number of benzene rings is 2. The number of rotatable bonds is 6. The molecule has 0 saturated heterocycles. The predicted octanol–water partition coefficient (Wildman–Crippen LogP) is 3.04. The molecule has 0 amide bonds. The number of hydrogen-bond acceptors (Lipinski definition) is 2. The third-order valence-electron chi connectivity index (χ3n) is 2.70. The van der Waals surface area contributed by atoms with E-state index in [0.29, 0.717) is 0 Å². The summed E-state index contributed by atoms with van der Waals surface area (Å²) in [5.41, 5.74) is 2.50. The minimum absolute atomic E-state index is 0.793. The highest BCUT2D eigenvalue weighted by atomic mass is 15.1. The van der Waals surface area contributed by atoms with E-state index < -0.39 is 0 Å². The van der Waals surface area contributed by atoms with Gasteiger partial charge in [-0.1, -0.05) is 67.2 Å². The van der Waals surface area contributed by atoms with Gasteiger partial charge in [-0.25, -0.2) is 0 Å². The van der Waals surface area contributed by atoms with E-state index in [4.69, 9.17) is 0 Å². The van der Waals surface area contributed by atoms with E-state index in [9.17, 15) is 0 Å². The van der Waals surface area contributed by atoms with E-state index in [2.05, 4.69) is 41.5 Å². The van der Waals surface area contributed by atoms with Crippen molar-refractivity contribution in [2.24, 2.45) is 0 Å². The first kappa shape index (κ1) is 12.2. The van der Waals surface area contributed by atoms with Crippen LogP contribution in [0.4, 0.5) is 0 Å². The first-order chi connectivity index (χ1) is 8.84. The molecule has 0 bridgehead atoms. The Hall–Kier alpha value is -2.22. The lowest BCUT2D eigenvalue weighted by Gasteiger charge is -2.12. The van der Waals surface area contributed by atoms with E-state index in [0.717, 1.165) is 18.9 Å². The third kappa shape index (κ3) is 3.98. The molecule has 2 N–H and O–H groups in total. The van der Waals surface area contributed by atoms with Crippen LogP contribution in [-0.4, -0.2) is 0 Å². The molecule has 0 aliphatic rings. The van der Waals surface area contributed by atoms with Crippen LogP contribution >= 0.6 is 0 Å². The molecule has 2 aromatic carbocycles. The van der Waals surface area contributed by atoms with Gasteiger partial charge < -0.3 is 10.6 Å². The van der Waals surface area contributed by atoms with Gasteiger partial charge in [0.1, 0.15) is 0 Å². The minimum atomic E-state index is 0.793. The van der Waals surface area contributed by atoms with E-state index in [1.54, 1.807) is 0 Å². The van der Waals surface area contributed by atoms with Crippen molar-refractivity contribution in [2.75, 3.05) is 0 Å². The van der Waals surface area contributed by atoms with Crippen molar-refractivity contribution in [1.82, 2.24) is 10.6 Å². The Kier molecular flexibility index (Phi) is 4.42. The molecule has 2 nitrogen and oxygen atoms in total. The Morgan fingerprint density at radius 1 is 0.722 bits per heavy atom. The lowest BCUT2D eigenvalue weighted by atomic mass is 10.2. The van der Waals surface area contributed by atoms with Crippen molar-refractivity contribution in [3.05, 3.63) is 84.2 Å². The third-order valence-corrected chi connectivity index (χ3v) is 2.70. The maximum absolute atomic E-state index is 3.96. The molecule has 0 aliphatic heterocycles. The van der Waals surface area contributed by atoms with Gasteiger partial charge in [-0.2, -0.15) is 0 Å². The summed E-state index contributed by atoms with van der Waals surface area (Å²) in [6, 6.07) is 20.6. The van der Waals surface area contributed by atoms with Crippen LogP contribution in [0.2, 0.25) is 0 Å². The van der Waals surface area contributed by atoms with Crippen LogP contribution in [0.25, 0.3) is 0 Å². The van der Waals surface area contributed by atoms with E-state index in [1.807, 2.05) is 36.4 Å². The fourth-order valence-electron chi connectivity index (χ4n) is 1.67. The van der Waals surface area contributed by atoms with Gasteiger partial charge in [0.25, 0.3) is 0 Å². The average Bonchev–Trinajstić information content (AvgIpc) is 2.45. The largest absolute Gasteiger partial charge is 0.368 e. The van der Waals surface area contributed by atoms with Crippen LogP contribution < -0.4 is 10.6 Å². The Labute approximate surface area is 108 Å². The molecule has 0 aromatic heterocycles. The molecule has 0 unspecified atom stereocenters. The van der Waals surface area contributed by atoms with Gasteiger partial charge in [-0.05, 0) is 11.1 Å². The Balaban J connectivity index is 1.73. The molecule has 0 radical (unpaired) electrons. The van der Waals surface area contributed by atoms with Gasteiger partial charge >= 0.3 is 0 Å². The average molecular weight is 238 g/mol.